The Morgan fingerprint density at radius 2 is 1.96 bits per heavy atom. The highest BCUT2D eigenvalue weighted by atomic mass is 127. The predicted octanol–water partition coefficient (Wildman–Crippen LogP) is 2.95. The van der Waals surface area contributed by atoms with Crippen molar-refractivity contribution in [1.82, 2.24) is 15.1 Å². The summed E-state index contributed by atoms with van der Waals surface area (Å²) < 4.78 is 6.00. The molecule has 4 fully saturated rings. The monoisotopic (exact) mass is 476 g/mol. The predicted molar refractivity (Wildman–Crippen MR) is 117 cm³/mol. The van der Waals surface area contributed by atoms with E-state index in [4.69, 9.17) is 4.74 Å². The van der Waals surface area contributed by atoms with Crippen LogP contribution in [0.25, 0.3) is 0 Å². The largest absolute Gasteiger partial charge is 0.378 e. The van der Waals surface area contributed by atoms with E-state index in [1.54, 1.807) is 0 Å². The van der Waals surface area contributed by atoms with Gasteiger partial charge in [-0.3, -0.25) is 4.99 Å². The molecule has 2 saturated heterocycles. The van der Waals surface area contributed by atoms with E-state index in [9.17, 15) is 0 Å². The van der Waals surface area contributed by atoms with Crippen LogP contribution in [0.1, 0.15) is 51.9 Å². The zero-order valence-electron chi connectivity index (χ0n) is 16.6. The third kappa shape index (κ3) is 3.88. The van der Waals surface area contributed by atoms with Crippen molar-refractivity contribution in [3.8, 4) is 0 Å². The summed E-state index contributed by atoms with van der Waals surface area (Å²) in [7, 11) is 1.95. The lowest BCUT2D eigenvalue weighted by atomic mass is 9.51. The molecule has 2 heterocycles. The molecule has 0 bridgehead atoms. The van der Waals surface area contributed by atoms with Crippen LogP contribution in [0, 0.1) is 11.3 Å². The topological polar surface area (TPSA) is 40.1 Å². The molecule has 6 heteroatoms. The van der Waals surface area contributed by atoms with Crippen LogP contribution in [0.2, 0.25) is 0 Å². The normalized spacial score (nSPS) is 33.7. The van der Waals surface area contributed by atoms with Gasteiger partial charge in [0, 0.05) is 44.7 Å². The summed E-state index contributed by atoms with van der Waals surface area (Å²) in [5.74, 6) is 1.95. The van der Waals surface area contributed by atoms with Crippen LogP contribution in [-0.4, -0.2) is 74.3 Å². The second-order valence-electron chi connectivity index (χ2n) is 8.62. The van der Waals surface area contributed by atoms with Crippen molar-refractivity contribution < 1.29 is 4.74 Å². The molecule has 3 atom stereocenters. The van der Waals surface area contributed by atoms with Crippen molar-refractivity contribution in [2.45, 2.75) is 64.0 Å². The molecule has 5 nitrogen and oxygen atoms in total. The lowest BCUT2D eigenvalue weighted by Crippen LogP contribution is -2.68. The van der Waals surface area contributed by atoms with Gasteiger partial charge in [-0.25, -0.2) is 0 Å². The van der Waals surface area contributed by atoms with Gasteiger partial charge in [0.05, 0.1) is 6.10 Å². The summed E-state index contributed by atoms with van der Waals surface area (Å²) in [5.41, 5.74) is 0.403. The third-order valence-corrected chi connectivity index (χ3v) is 7.25. The second kappa shape index (κ2) is 8.95. The number of hydrogen-bond acceptors (Lipinski definition) is 3. The van der Waals surface area contributed by atoms with E-state index >= 15 is 0 Å². The number of hydrogen-bond donors (Lipinski definition) is 1. The SMILES string of the molecule is CCOC1CC(NC(=NC)N2CCC(CN3CCCC3)C2)C12CCC2.I. The van der Waals surface area contributed by atoms with Crippen molar-refractivity contribution in [1.29, 1.82) is 0 Å². The van der Waals surface area contributed by atoms with E-state index < -0.39 is 0 Å². The van der Waals surface area contributed by atoms with Gasteiger partial charge in [-0.15, -0.1) is 24.0 Å². The second-order valence-corrected chi connectivity index (χ2v) is 8.62. The average Bonchev–Trinajstić information content (AvgIpc) is 3.21. The first-order valence-corrected chi connectivity index (χ1v) is 10.6. The van der Waals surface area contributed by atoms with Crippen LogP contribution in [-0.2, 0) is 4.74 Å². The summed E-state index contributed by atoms with van der Waals surface area (Å²) in [6, 6.07) is 0.564. The molecule has 0 aromatic heterocycles. The molecule has 0 amide bonds. The van der Waals surface area contributed by atoms with E-state index in [0.717, 1.165) is 31.4 Å². The molecule has 2 aliphatic heterocycles. The molecule has 3 unspecified atom stereocenters. The van der Waals surface area contributed by atoms with Gasteiger partial charge in [0.1, 0.15) is 0 Å². The van der Waals surface area contributed by atoms with Crippen molar-refractivity contribution in [2.24, 2.45) is 16.3 Å². The van der Waals surface area contributed by atoms with Crippen LogP contribution < -0.4 is 5.32 Å². The van der Waals surface area contributed by atoms with Crippen molar-refractivity contribution in [3.63, 3.8) is 0 Å². The standard InChI is InChI=1S/C20H36N4O.HI/c1-3-25-18-13-17(20(18)8-6-9-20)22-19(21-2)24-12-7-16(15-24)14-23-10-4-5-11-23;/h16-18H,3-15H2,1-2H3,(H,21,22);1H. The molecular weight excluding hydrogens is 439 g/mol. The van der Waals surface area contributed by atoms with Crippen LogP contribution in [0.3, 0.4) is 0 Å². The average molecular weight is 476 g/mol. The Bertz CT molecular complexity index is 490. The summed E-state index contributed by atoms with van der Waals surface area (Å²) in [4.78, 5) is 9.79. The first-order valence-electron chi connectivity index (χ1n) is 10.6. The van der Waals surface area contributed by atoms with Gasteiger partial charge in [0.25, 0.3) is 0 Å². The van der Waals surface area contributed by atoms with Gasteiger partial charge in [0.15, 0.2) is 5.96 Å². The molecule has 150 valence electrons. The van der Waals surface area contributed by atoms with E-state index in [1.807, 2.05) is 7.05 Å². The number of nitrogens with zero attached hydrogens (tertiary/aromatic N) is 3. The van der Waals surface area contributed by atoms with Crippen LogP contribution in [0.4, 0.5) is 0 Å². The maximum Gasteiger partial charge on any atom is 0.193 e. The van der Waals surface area contributed by atoms with Crippen molar-refractivity contribution in [2.75, 3.05) is 46.4 Å². The van der Waals surface area contributed by atoms with Crippen molar-refractivity contribution >= 4 is 29.9 Å². The van der Waals surface area contributed by atoms with Gasteiger partial charge in [-0.05, 0) is 64.5 Å². The smallest absolute Gasteiger partial charge is 0.193 e. The summed E-state index contributed by atoms with van der Waals surface area (Å²) in [5, 5.41) is 3.82. The van der Waals surface area contributed by atoms with Gasteiger partial charge in [-0.1, -0.05) is 6.42 Å². The molecule has 1 spiro atoms. The highest BCUT2D eigenvalue weighted by molar-refractivity contribution is 14.0. The van der Waals surface area contributed by atoms with Crippen LogP contribution in [0.15, 0.2) is 4.99 Å². The van der Waals surface area contributed by atoms with Crippen LogP contribution in [0.5, 0.6) is 0 Å². The lowest BCUT2D eigenvalue weighted by molar-refractivity contribution is -0.168. The quantitative estimate of drug-likeness (QED) is 0.377. The molecule has 0 aromatic rings. The fraction of sp³-hybridized carbons (Fsp3) is 0.950. The molecule has 2 aliphatic carbocycles. The number of likely N-dealkylation sites (tertiary alicyclic amines) is 2. The lowest BCUT2D eigenvalue weighted by Gasteiger charge is -2.61. The Hall–Kier alpha value is -0.0800. The number of rotatable bonds is 5. The molecule has 0 aromatic carbocycles. The number of aliphatic imine (C=N–C) groups is 1. The maximum atomic E-state index is 6.00. The zero-order valence-corrected chi connectivity index (χ0v) is 18.9. The Morgan fingerprint density at radius 1 is 1.19 bits per heavy atom. The van der Waals surface area contributed by atoms with Gasteiger partial charge >= 0.3 is 0 Å². The first kappa shape index (κ1) is 20.6. The minimum atomic E-state index is 0. The highest BCUT2D eigenvalue weighted by Gasteiger charge is 2.59. The molecule has 0 radical (unpaired) electrons. The zero-order chi connectivity index (χ0) is 17.3. The Balaban J connectivity index is 0.00000196. The van der Waals surface area contributed by atoms with Crippen molar-refractivity contribution in [3.05, 3.63) is 0 Å². The van der Waals surface area contributed by atoms with E-state index in [0.29, 0.717) is 17.6 Å². The minimum absolute atomic E-state index is 0. The number of halogens is 1. The summed E-state index contributed by atoms with van der Waals surface area (Å²) in [6.45, 7) is 9.21. The number of ether oxygens (including phenoxy) is 1. The number of guanidine groups is 1. The third-order valence-electron chi connectivity index (χ3n) is 7.25. The van der Waals surface area contributed by atoms with Gasteiger partial charge in [0.2, 0.25) is 0 Å². The van der Waals surface area contributed by atoms with E-state index in [2.05, 4.69) is 27.0 Å². The summed E-state index contributed by atoms with van der Waals surface area (Å²) in [6.07, 6.45) is 9.74. The number of nitrogens with one attached hydrogen (secondary N) is 1. The molecule has 4 aliphatic rings. The molecule has 26 heavy (non-hydrogen) atoms. The fourth-order valence-electron chi connectivity index (χ4n) is 5.60. The van der Waals surface area contributed by atoms with Crippen LogP contribution >= 0.6 is 24.0 Å². The first-order chi connectivity index (χ1) is 12.2. The minimum Gasteiger partial charge on any atom is -0.378 e. The Morgan fingerprint density at radius 3 is 2.58 bits per heavy atom. The van der Waals surface area contributed by atoms with E-state index in [1.165, 1.54) is 64.7 Å². The molecule has 1 N–H and O–H groups in total. The van der Waals surface area contributed by atoms with E-state index in [-0.39, 0.29) is 24.0 Å². The Labute approximate surface area is 176 Å². The Kier molecular flexibility index (Phi) is 7.11. The van der Waals surface area contributed by atoms with Gasteiger partial charge < -0.3 is 19.9 Å². The fourth-order valence-corrected chi connectivity index (χ4v) is 5.60. The molecular formula is C20H37IN4O. The molecule has 2 saturated carbocycles. The summed E-state index contributed by atoms with van der Waals surface area (Å²) >= 11 is 0. The molecule has 4 rings (SSSR count). The highest BCUT2D eigenvalue weighted by Crippen LogP contribution is 2.57. The van der Waals surface area contributed by atoms with Gasteiger partial charge in [-0.2, -0.15) is 0 Å². The maximum absolute atomic E-state index is 6.00.